The molecule has 2 heterocycles. The number of nitrogens with zero attached hydrogens (tertiary/aromatic N) is 5. The lowest BCUT2D eigenvalue weighted by Crippen LogP contribution is -2.32. The average Bonchev–Trinajstić information content (AvgIpc) is 3.39. The molecule has 0 aliphatic carbocycles. The first-order chi connectivity index (χ1) is 15.0. The van der Waals surface area contributed by atoms with E-state index in [0.29, 0.717) is 21.6 Å². The Morgan fingerprint density at radius 2 is 2.10 bits per heavy atom. The highest BCUT2D eigenvalue weighted by molar-refractivity contribution is 7.99. The number of benzene rings is 2. The zero-order valence-electron chi connectivity index (χ0n) is 16.4. The number of nitrogens with one attached hydrogen (secondary N) is 1. The first-order valence-corrected chi connectivity index (χ1v) is 10.7. The number of imidazole rings is 1. The fourth-order valence-corrected chi connectivity index (χ4v) is 4.02. The molecular formula is C21H18ClFN6OS. The number of carbonyl (C=O) groups is 1. The molecule has 7 nitrogen and oxygen atoms in total. The van der Waals surface area contributed by atoms with E-state index in [4.69, 9.17) is 11.6 Å². The van der Waals surface area contributed by atoms with Gasteiger partial charge in [0.15, 0.2) is 5.16 Å². The summed E-state index contributed by atoms with van der Waals surface area (Å²) in [5, 5.41) is 12.1. The van der Waals surface area contributed by atoms with Crippen LogP contribution in [0.15, 0.2) is 72.4 Å². The van der Waals surface area contributed by atoms with Crippen molar-refractivity contribution in [3.63, 3.8) is 0 Å². The molecule has 0 bridgehead atoms. The van der Waals surface area contributed by atoms with Crippen LogP contribution < -0.4 is 5.32 Å². The maximum absolute atomic E-state index is 13.8. The Kier molecular flexibility index (Phi) is 6.34. The molecule has 0 radical (unpaired) electrons. The Labute approximate surface area is 187 Å². The highest BCUT2D eigenvalue weighted by Crippen LogP contribution is 2.24. The van der Waals surface area contributed by atoms with E-state index in [1.165, 1.54) is 23.9 Å². The third-order valence-corrected chi connectivity index (χ3v) is 5.72. The molecule has 31 heavy (non-hydrogen) atoms. The zero-order chi connectivity index (χ0) is 21.8. The number of aryl methyl sites for hydroxylation is 1. The van der Waals surface area contributed by atoms with Gasteiger partial charge in [0, 0.05) is 24.5 Å². The van der Waals surface area contributed by atoms with Gasteiger partial charge in [0.25, 0.3) is 0 Å². The number of carbonyl (C=O) groups excluding carboxylic acids is 1. The van der Waals surface area contributed by atoms with Gasteiger partial charge in [-0.25, -0.2) is 9.37 Å². The Morgan fingerprint density at radius 3 is 2.84 bits per heavy atom. The molecule has 2 aromatic carbocycles. The van der Waals surface area contributed by atoms with E-state index in [0.717, 1.165) is 5.69 Å². The van der Waals surface area contributed by atoms with E-state index >= 15 is 0 Å². The van der Waals surface area contributed by atoms with Crippen LogP contribution >= 0.6 is 23.4 Å². The molecule has 0 aliphatic heterocycles. The second kappa shape index (κ2) is 9.32. The molecule has 0 spiro atoms. The Hall–Kier alpha value is -3.17. The highest BCUT2D eigenvalue weighted by atomic mass is 35.5. The topological polar surface area (TPSA) is 77.6 Å². The van der Waals surface area contributed by atoms with Crippen molar-refractivity contribution < 1.29 is 9.18 Å². The summed E-state index contributed by atoms with van der Waals surface area (Å²) in [6.45, 7) is 0. The lowest BCUT2D eigenvalue weighted by molar-refractivity contribution is -0.119. The number of aromatic nitrogens is 5. The van der Waals surface area contributed by atoms with E-state index in [2.05, 4.69) is 20.5 Å². The van der Waals surface area contributed by atoms with Crippen molar-refractivity contribution in [2.75, 3.05) is 5.75 Å². The summed E-state index contributed by atoms with van der Waals surface area (Å²) in [6.07, 6.45) is 4.97. The van der Waals surface area contributed by atoms with Gasteiger partial charge in [-0.15, -0.1) is 10.2 Å². The standard InChI is InChI=1S/C21H18ClFN6OS/c1-28-9-8-24-20(28)19(14-4-2-6-16(23)10-14)26-18(30)12-31-21-27-25-13-29(21)17-7-3-5-15(22)11-17/h2-11,13,19H,12H2,1H3,(H,26,30). The van der Waals surface area contributed by atoms with E-state index < -0.39 is 6.04 Å². The van der Waals surface area contributed by atoms with Crippen molar-refractivity contribution >= 4 is 29.3 Å². The SMILES string of the molecule is Cn1ccnc1C(NC(=O)CSc1nncn1-c1cccc(Cl)c1)c1cccc(F)c1. The normalized spacial score (nSPS) is 12.0. The number of amides is 1. The second-order valence-electron chi connectivity index (χ2n) is 6.70. The second-order valence-corrected chi connectivity index (χ2v) is 8.08. The van der Waals surface area contributed by atoms with Crippen LogP contribution in [0.4, 0.5) is 4.39 Å². The molecule has 1 unspecified atom stereocenters. The Balaban J connectivity index is 1.50. The molecular weight excluding hydrogens is 439 g/mol. The predicted octanol–water partition coefficient (Wildman–Crippen LogP) is 3.79. The summed E-state index contributed by atoms with van der Waals surface area (Å²) in [5.41, 5.74) is 1.40. The third-order valence-electron chi connectivity index (χ3n) is 4.54. The van der Waals surface area contributed by atoms with Gasteiger partial charge in [0.05, 0.1) is 11.4 Å². The average molecular weight is 457 g/mol. The maximum atomic E-state index is 13.8. The molecule has 0 saturated carbocycles. The lowest BCUT2D eigenvalue weighted by Gasteiger charge is -2.19. The van der Waals surface area contributed by atoms with Gasteiger partial charge in [0.2, 0.25) is 5.91 Å². The molecule has 0 fully saturated rings. The highest BCUT2D eigenvalue weighted by Gasteiger charge is 2.22. The summed E-state index contributed by atoms with van der Waals surface area (Å²) in [7, 11) is 1.82. The van der Waals surface area contributed by atoms with Crippen molar-refractivity contribution in [3.05, 3.63) is 89.5 Å². The lowest BCUT2D eigenvalue weighted by atomic mass is 10.1. The summed E-state index contributed by atoms with van der Waals surface area (Å²) in [5.74, 6) is 0.0686. The quantitative estimate of drug-likeness (QED) is 0.428. The first-order valence-electron chi connectivity index (χ1n) is 9.32. The van der Waals surface area contributed by atoms with Crippen LogP contribution in [-0.4, -0.2) is 36.0 Å². The minimum atomic E-state index is -0.588. The minimum absolute atomic E-state index is 0.0928. The molecule has 158 valence electrons. The molecule has 1 N–H and O–H groups in total. The van der Waals surface area contributed by atoms with Gasteiger partial charge in [0.1, 0.15) is 24.0 Å². The number of hydrogen-bond acceptors (Lipinski definition) is 5. The number of rotatable bonds is 7. The zero-order valence-corrected chi connectivity index (χ0v) is 18.0. The van der Waals surface area contributed by atoms with E-state index in [1.54, 1.807) is 52.1 Å². The van der Waals surface area contributed by atoms with Crippen molar-refractivity contribution in [1.82, 2.24) is 29.6 Å². The van der Waals surface area contributed by atoms with Gasteiger partial charge in [-0.05, 0) is 35.9 Å². The van der Waals surface area contributed by atoms with Crippen LogP contribution in [0.5, 0.6) is 0 Å². The van der Waals surface area contributed by atoms with Crippen molar-refractivity contribution in [2.45, 2.75) is 11.2 Å². The van der Waals surface area contributed by atoms with E-state index in [1.807, 2.05) is 19.2 Å². The number of halogens is 2. The number of hydrogen-bond donors (Lipinski definition) is 1. The molecule has 0 saturated heterocycles. The third kappa shape index (κ3) is 4.95. The summed E-state index contributed by atoms with van der Waals surface area (Å²) >= 11 is 7.31. The molecule has 1 amide bonds. The predicted molar refractivity (Wildman–Crippen MR) is 117 cm³/mol. The van der Waals surface area contributed by atoms with E-state index in [9.17, 15) is 9.18 Å². The van der Waals surface area contributed by atoms with Crippen LogP contribution in [0.2, 0.25) is 5.02 Å². The number of thioether (sulfide) groups is 1. The molecule has 4 rings (SSSR count). The minimum Gasteiger partial charge on any atom is -0.341 e. The Morgan fingerprint density at radius 1 is 1.26 bits per heavy atom. The van der Waals surface area contributed by atoms with Crippen LogP contribution in [-0.2, 0) is 11.8 Å². The fourth-order valence-electron chi connectivity index (χ4n) is 3.10. The van der Waals surface area contributed by atoms with Crippen LogP contribution in [0.25, 0.3) is 5.69 Å². The molecule has 2 aromatic heterocycles. The monoisotopic (exact) mass is 456 g/mol. The fraction of sp³-hybridized carbons (Fsp3) is 0.143. The van der Waals surface area contributed by atoms with Crippen LogP contribution in [0.1, 0.15) is 17.4 Å². The molecule has 4 aromatic rings. The summed E-state index contributed by atoms with van der Waals surface area (Å²) < 4.78 is 17.4. The van der Waals surface area contributed by atoms with Crippen molar-refractivity contribution in [2.24, 2.45) is 7.05 Å². The smallest absolute Gasteiger partial charge is 0.231 e. The van der Waals surface area contributed by atoms with Gasteiger partial charge in [-0.3, -0.25) is 9.36 Å². The van der Waals surface area contributed by atoms with Gasteiger partial charge >= 0.3 is 0 Å². The Bertz CT molecular complexity index is 1210. The maximum Gasteiger partial charge on any atom is 0.231 e. The van der Waals surface area contributed by atoms with Gasteiger partial charge in [-0.1, -0.05) is 41.6 Å². The van der Waals surface area contributed by atoms with Gasteiger partial charge in [-0.2, -0.15) is 0 Å². The summed E-state index contributed by atoms with van der Waals surface area (Å²) in [4.78, 5) is 17.1. The first kappa shape index (κ1) is 21.1. The largest absolute Gasteiger partial charge is 0.341 e. The molecule has 1 atom stereocenters. The van der Waals surface area contributed by atoms with Crippen LogP contribution in [0.3, 0.4) is 0 Å². The van der Waals surface area contributed by atoms with Gasteiger partial charge < -0.3 is 9.88 Å². The van der Waals surface area contributed by atoms with Crippen molar-refractivity contribution in [3.8, 4) is 5.69 Å². The molecule has 0 aliphatic rings. The van der Waals surface area contributed by atoms with Crippen molar-refractivity contribution in [1.29, 1.82) is 0 Å². The summed E-state index contributed by atoms with van der Waals surface area (Å²) in [6, 6.07) is 12.8. The molecule has 10 heteroatoms. The van der Waals surface area contributed by atoms with Crippen LogP contribution in [0, 0.1) is 5.82 Å². The van der Waals surface area contributed by atoms with E-state index in [-0.39, 0.29) is 17.5 Å².